The molecule has 4 heteroatoms. The molecule has 16 heavy (non-hydrogen) atoms. The van der Waals surface area contributed by atoms with Crippen LogP contribution in [0.15, 0.2) is 16.6 Å². The van der Waals surface area contributed by atoms with E-state index in [-0.39, 0.29) is 18.0 Å². The molecule has 0 saturated heterocycles. The van der Waals surface area contributed by atoms with Gasteiger partial charge >= 0.3 is 0 Å². The fraction of sp³-hybridized carbons (Fsp3) is 0.500. The van der Waals surface area contributed by atoms with Crippen molar-refractivity contribution < 1.29 is 9.13 Å². The molecular weight excluding hydrogens is 273 g/mol. The van der Waals surface area contributed by atoms with Crippen LogP contribution in [0.2, 0.25) is 0 Å². The lowest BCUT2D eigenvalue weighted by atomic mass is 10.1. The highest BCUT2D eigenvalue weighted by molar-refractivity contribution is 9.10. The van der Waals surface area contributed by atoms with Crippen LogP contribution in [-0.2, 0) is 4.74 Å². The van der Waals surface area contributed by atoms with Gasteiger partial charge in [-0.05, 0) is 54.4 Å². The molecule has 0 aliphatic heterocycles. The first-order valence-electron chi connectivity index (χ1n) is 5.20. The molecule has 0 radical (unpaired) electrons. The predicted molar refractivity (Wildman–Crippen MR) is 68.4 cm³/mol. The Hall–Kier alpha value is -0.610. The zero-order valence-electron chi connectivity index (χ0n) is 9.97. The molecule has 0 amide bonds. The zero-order valence-corrected chi connectivity index (χ0v) is 11.6. The highest BCUT2D eigenvalue weighted by Gasteiger charge is 2.13. The Morgan fingerprint density at radius 3 is 2.56 bits per heavy atom. The largest absolute Gasteiger partial charge is 0.380 e. The minimum absolute atomic E-state index is 0.0751. The summed E-state index contributed by atoms with van der Waals surface area (Å²) in [5.74, 6) is -0.259. The lowest BCUT2D eigenvalue weighted by Crippen LogP contribution is -2.30. The van der Waals surface area contributed by atoms with Crippen molar-refractivity contribution in [1.82, 2.24) is 0 Å². The van der Waals surface area contributed by atoms with Crippen molar-refractivity contribution in [2.45, 2.75) is 32.9 Å². The summed E-state index contributed by atoms with van der Waals surface area (Å²) in [7, 11) is 1.66. The molecule has 0 aliphatic rings. The first-order valence-corrected chi connectivity index (χ1v) is 6.00. The Kier molecular flexibility index (Phi) is 4.74. The van der Waals surface area contributed by atoms with Gasteiger partial charge in [0, 0.05) is 18.8 Å². The van der Waals surface area contributed by atoms with Crippen LogP contribution in [0.25, 0.3) is 0 Å². The van der Waals surface area contributed by atoms with Gasteiger partial charge in [0.2, 0.25) is 0 Å². The highest BCUT2D eigenvalue weighted by Crippen LogP contribution is 2.24. The van der Waals surface area contributed by atoms with Gasteiger partial charge in [-0.15, -0.1) is 0 Å². The van der Waals surface area contributed by atoms with Crippen LogP contribution in [0.1, 0.15) is 19.4 Å². The standard InChI is InChI=1S/C12H17BrFNO/c1-7-5-10(13)11(14)6-12(7)15-8(2)9(3)16-4/h5-6,8-9,15H,1-4H3. The summed E-state index contributed by atoms with van der Waals surface area (Å²) in [5.41, 5.74) is 1.81. The molecule has 1 rings (SSSR count). The van der Waals surface area contributed by atoms with E-state index >= 15 is 0 Å². The number of ether oxygens (including phenoxy) is 1. The van der Waals surface area contributed by atoms with E-state index in [0.717, 1.165) is 11.3 Å². The molecule has 1 aromatic rings. The summed E-state index contributed by atoms with van der Waals surface area (Å²) in [6, 6.07) is 3.39. The third kappa shape index (κ3) is 3.19. The molecule has 0 spiro atoms. The number of methoxy groups -OCH3 is 1. The molecule has 2 atom stereocenters. The fourth-order valence-corrected chi connectivity index (χ4v) is 1.83. The molecule has 90 valence electrons. The van der Waals surface area contributed by atoms with Gasteiger partial charge in [0.1, 0.15) is 5.82 Å². The fourth-order valence-electron chi connectivity index (χ4n) is 1.37. The van der Waals surface area contributed by atoms with Crippen LogP contribution in [0.4, 0.5) is 10.1 Å². The van der Waals surface area contributed by atoms with Crippen molar-refractivity contribution in [1.29, 1.82) is 0 Å². The maximum Gasteiger partial charge on any atom is 0.139 e. The zero-order chi connectivity index (χ0) is 12.3. The number of hydrogen-bond acceptors (Lipinski definition) is 2. The number of aryl methyl sites for hydroxylation is 1. The molecule has 1 aromatic carbocycles. The Balaban J connectivity index is 2.85. The quantitative estimate of drug-likeness (QED) is 0.912. The van der Waals surface area contributed by atoms with Gasteiger partial charge in [0.25, 0.3) is 0 Å². The second kappa shape index (κ2) is 5.64. The van der Waals surface area contributed by atoms with E-state index in [2.05, 4.69) is 21.2 Å². The summed E-state index contributed by atoms with van der Waals surface area (Å²) in [5, 5.41) is 3.24. The summed E-state index contributed by atoms with van der Waals surface area (Å²) in [4.78, 5) is 0. The van der Waals surface area contributed by atoms with Gasteiger partial charge < -0.3 is 10.1 Å². The van der Waals surface area contributed by atoms with Crippen molar-refractivity contribution in [2.24, 2.45) is 0 Å². The van der Waals surface area contributed by atoms with Crippen LogP contribution >= 0.6 is 15.9 Å². The first kappa shape index (κ1) is 13.5. The van der Waals surface area contributed by atoms with E-state index in [1.165, 1.54) is 6.07 Å². The van der Waals surface area contributed by atoms with Crippen LogP contribution in [0.3, 0.4) is 0 Å². The van der Waals surface area contributed by atoms with E-state index in [1.807, 2.05) is 20.8 Å². The lowest BCUT2D eigenvalue weighted by Gasteiger charge is -2.22. The van der Waals surface area contributed by atoms with Gasteiger partial charge in [-0.25, -0.2) is 4.39 Å². The van der Waals surface area contributed by atoms with Crippen molar-refractivity contribution in [3.05, 3.63) is 28.0 Å². The van der Waals surface area contributed by atoms with Crippen molar-refractivity contribution in [3.63, 3.8) is 0 Å². The molecule has 2 nitrogen and oxygen atoms in total. The second-order valence-electron chi connectivity index (χ2n) is 3.96. The van der Waals surface area contributed by atoms with Crippen LogP contribution in [0.5, 0.6) is 0 Å². The second-order valence-corrected chi connectivity index (χ2v) is 4.81. The van der Waals surface area contributed by atoms with Crippen molar-refractivity contribution in [2.75, 3.05) is 12.4 Å². The van der Waals surface area contributed by atoms with Crippen LogP contribution in [0, 0.1) is 12.7 Å². The summed E-state index contributed by atoms with van der Waals surface area (Å²) >= 11 is 3.16. The monoisotopic (exact) mass is 289 g/mol. The molecular formula is C12H17BrFNO. The molecule has 0 fully saturated rings. The molecule has 0 aliphatic carbocycles. The van der Waals surface area contributed by atoms with E-state index in [0.29, 0.717) is 4.47 Å². The third-order valence-electron chi connectivity index (χ3n) is 2.73. The molecule has 0 saturated carbocycles. The molecule has 1 N–H and O–H groups in total. The SMILES string of the molecule is COC(C)C(C)Nc1cc(F)c(Br)cc1C. The summed E-state index contributed by atoms with van der Waals surface area (Å²) in [6.45, 7) is 5.92. The minimum Gasteiger partial charge on any atom is -0.380 e. The van der Waals surface area contributed by atoms with Gasteiger partial charge in [-0.2, -0.15) is 0 Å². The smallest absolute Gasteiger partial charge is 0.139 e. The number of halogens is 2. The molecule has 0 aromatic heterocycles. The predicted octanol–water partition coefficient (Wildman–Crippen LogP) is 3.73. The van der Waals surface area contributed by atoms with Gasteiger partial charge in [0.15, 0.2) is 0 Å². The average molecular weight is 290 g/mol. The Morgan fingerprint density at radius 1 is 1.38 bits per heavy atom. The van der Waals surface area contributed by atoms with Crippen molar-refractivity contribution in [3.8, 4) is 0 Å². The van der Waals surface area contributed by atoms with Gasteiger partial charge in [-0.1, -0.05) is 0 Å². The minimum atomic E-state index is -0.259. The number of anilines is 1. The van der Waals surface area contributed by atoms with E-state index in [4.69, 9.17) is 4.74 Å². The summed E-state index contributed by atoms with van der Waals surface area (Å²) < 4.78 is 19.1. The van der Waals surface area contributed by atoms with Crippen LogP contribution in [-0.4, -0.2) is 19.3 Å². The van der Waals surface area contributed by atoms with Gasteiger partial charge in [0.05, 0.1) is 10.6 Å². The first-order chi connectivity index (χ1) is 7.45. The van der Waals surface area contributed by atoms with E-state index in [9.17, 15) is 4.39 Å². The molecule has 2 unspecified atom stereocenters. The van der Waals surface area contributed by atoms with E-state index < -0.39 is 0 Å². The third-order valence-corrected chi connectivity index (χ3v) is 3.33. The van der Waals surface area contributed by atoms with Gasteiger partial charge in [-0.3, -0.25) is 0 Å². The number of rotatable bonds is 4. The van der Waals surface area contributed by atoms with Crippen LogP contribution < -0.4 is 5.32 Å². The Morgan fingerprint density at radius 2 is 2.00 bits per heavy atom. The Bertz CT molecular complexity index is 370. The number of hydrogen-bond donors (Lipinski definition) is 1. The van der Waals surface area contributed by atoms with E-state index in [1.54, 1.807) is 13.2 Å². The summed E-state index contributed by atoms with van der Waals surface area (Å²) in [6.07, 6.45) is 0.0751. The molecule has 0 bridgehead atoms. The maximum absolute atomic E-state index is 13.4. The molecule has 0 heterocycles. The normalized spacial score (nSPS) is 14.6. The number of nitrogens with one attached hydrogen (secondary N) is 1. The Labute approximate surface area is 104 Å². The maximum atomic E-state index is 13.4. The topological polar surface area (TPSA) is 21.3 Å². The lowest BCUT2D eigenvalue weighted by molar-refractivity contribution is 0.106. The van der Waals surface area contributed by atoms with Crippen molar-refractivity contribution >= 4 is 21.6 Å². The average Bonchev–Trinajstić information content (AvgIpc) is 2.24. The number of benzene rings is 1. The highest BCUT2D eigenvalue weighted by atomic mass is 79.9.